The summed E-state index contributed by atoms with van der Waals surface area (Å²) in [5.41, 5.74) is 1.19. The summed E-state index contributed by atoms with van der Waals surface area (Å²) in [5.74, 6) is -2.49. The van der Waals surface area contributed by atoms with Crippen molar-refractivity contribution in [3.8, 4) is 33.9 Å². The summed E-state index contributed by atoms with van der Waals surface area (Å²) in [5, 5.41) is 0.517. The predicted molar refractivity (Wildman–Crippen MR) is 132 cm³/mol. The van der Waals surface area contributed by atoms with Gasteiger partial charge < -0.3 is 23.6 Å². The molecule has 1 fully saturated rings. The molecule has 37 heavy (non-hydrogen) atoms. The van der Waals surface area contributed by atoms with Crippen LogP contribution in [0.15, 0.2) is 47.5 Å². The van der Waals surface area contributed by atoms with Crippen molar-refractivity contribution in [2.24, 2.45) is 0 Å². The maximum atomic E-state index is 15.4. The fourth-order valence-corrected chi connectivity index (χ4v) is 4.53. The molecule has 1 atom stereocenters. The number of nitrogens with zero attached hydrogens (tertiary/aromatic N) is 4. The van der Waals surface area contributed by atoms with Gasteiger partial charge in [-0.2, -0.15) is 0 Å². The Morgan fingerprint density at radius 2 is 1.86 bits per heavy atom. The van der Waals surface area contributed by atoms with E-state index in [9.17, 15) is 4.79 Å². The summed E-state index contributed by atoms with van der Waals surface area (Å²) in [6.07, 6.45) is 3.74. The number of methoxy groups -OCH3 is 2. The highest BCUT2D eigenvalue weighted by atomic mass is 19.1. The Bertz CT molecular complexity index is 1560. The Labute approximate surface area is 210 Å². The van der Waals surface area contributed by atoms with Gasteiger partial charge in [-0.3, -0.25) is 14.8 Å². The third-order valence-electron chi connectivity index (χ3n) is 6.40. The zero-order chi connectivity index (χ0) is 26.1. The van der Waals surface area contributed by atoms with E-state index in [2.05, 4.69) is 14.8 Å². The number of hydrogen-bond donors (Lipinski definition) is 0. The first-order valence-electron chi connectivity index (χ1n) is 11.5. The van der Waals surface area contributed by atoms with Crippen LogP contribution in [-0.2, 0) is 11.3 Å². The molecular weight excluding hydrogens is 482 g/mol. The molecule has 1 saturated heterocycles. The van der Waals surface area contributed by atoms with Crippen LogP contribution in [-0.4, -0.2) is 42.0 Å². The molecule has 0 amide bonds. The average Bonchev–Trinajstić information content (AvgIpc) is 3.44. The lowest BCUT2D eigenvalue weighted by Gasteiger charge is -2.19. The van der Waals surface area contributed by atoms with Gasteiger partial charge in [0.25, 0.3) is 12.1 Å². The molecule has 10 heteroatoms. The van der Waals surface area contributed by atoms with Crippen molar-refractivity contribution in [2.45, 2.75) is 19.0 Å². The Hall–Kier alpha value is -4.36. The summed E-state index contributed by atoms with van der Waals surface area (Å²) in [6, 6.07) is 7.51. The summed E-state index contributed by atoms with van der Waals surface area (Å²) < 4.78 is 47.9. The van der Waals surface area contributed by atoms with Crippen molar-refractivity contribution in [1.82, 2.24) is 14.5 Å². The predicted octanol–water partition coefficient (Wildman–Crippen LogP) is 4.80. The zero-order valence-electron chi connectivity index (χ0n) is 20.1. The fraction of sp³-hybridized carbons (Fsp3) is 0.259. The molecule has 0 aliphatic carbocycles. The van der Waals surface area contributed by atoms with Gasteiger partial charge >= 0.3 is 0 Å². The highest BCUT2D eigenvalue weighted by Crippen LogP contribution is 2.38. The molecular formula is C27H22F2N4O4. The van der Waals surface area contributed by atoms with Gasteiger partial charge in [-0.05, 0) is 30.7 Å². The molecule has 5 rings (SSSR count). The summed E-state index contributed by atoms with van der Waals surface area (Å²) in [4.78, 5) is 26.0. The number of fused-ring (bicyclic) bond motifs is 1. The van der Waals surface area contributed by atoms with E-state index in [-0.39, 0.29) is 36.3 Å². The molecule has 0 bridgehead atoms. The first-order valence-corrected chi connectivity index (χ1v) is 11.5. The van der Waals surface area contributed by atoms with Crippen molar-refractivity contribution in [3.05, 3.63) is 81.8 Å². The molecule has 0 radical (unpaired) electrons. The van der Waals surface area contributed by atoms with Crippen LogP contribution in [0.3, 0.4) is 0 Å². The molecule has 1 unspecified atom stereocenters. The van der Waals surface area contributed by atoms with Gasteiger partial charge in [-0.1, -0.05) is 0 Å². The van der Waals surface area contributed by atoms with Crippen LogP contribution in [0.2, 0.25) is 0 Å². The molecule has 0 N–H and O–H groups in total. The van der Waals surface area contributed by atoms with E-state index < -0.39 is 22.8 Å². The number of benzene rings is 1. The maximum Gasteiger partial charge on any atom is 0.259 e. The molecule has 4 aromatic rings. The minimum absolute atomic E-state index is 0.175. The van der Waals surface area contributed by atoms with Crippen molar-refractivity contribution in [1.29, 1.82) is 0 Å². The highest BCUT2D eigenvalue weighted by Gasteiger charge is 2.28. The van der Waals surface area contributed by atoms with Crippen LogP contribution >= 0.6 is 0 Å². The molecule has 0 saturated carbocycles. The Balaban J connectivity index is 1.76. The van der Waals surface area contributed by atoms with Gasteiger partial charge in [0.15, 0.2) is 23.1 Å². The molecule has 188 valence electrons. The van der Waals surface area contributed by atoms with Crippen molar-refractivity contribution in [3.63, 3.8) is 0 Å². The Morgan fingerprint density at radius 3 is 2.46 bits per heavy atom. The lowest BCUT2D eigenvalue weighted by atomic mass is 10.0. The van der Waals surface area contributed by atoms with Crippen LogP contribution in [0.4, 0.5) is 8.78 Å². The minimum Gasteiger partial charge on any atom is -0.494 e. The van der Waals surface area contributed by atoms with E-state index in [0.29, 0.717) is 40.9 Å². The van der Waals surface area contributed by atoms with Crippen LogP contribution in [0.25, 0.3) is 38.1 Å². The molecule has 1 aromatic carbocycles. The largest absolute Gasteiger partial charge is 0.494 e. The third-order valence-corrected chi connectivity index (χ3v) is 6.40. The van der Waals surface area contributed by atoms with E-state index >= 15 is 8.78 Å². The zero-order valence-corrected chi connectivity index (χ0v) is 20.1. The number of halogens is 2. The fourth-order valence-electron chi connectivity index (χ4n) is 4.53. The molecule has 1 aliphatic heterocycles. The normalized spacial score (nSPS) is 15.1. The lowest BCUT2D eigenvalue weighted by molar-refractivity contribution is 0.186. The maximum absolute atomic E-state index is 15.4. The average molecular weight is 504 g/mol. The summed E-state index contributed by atoms with van der Waals surface area (Å²) >= 11 is 0. The highest BCUT2D eigenvalue weighted by molar-refractivity contribution is 5.87. The quantitative estimate of drug-likeness (QED) is 0.351. The van der Waals surface area contributed by atoms with Crippen LogP contribution in [0.5, 0.6) is 11.5 Å². The van der Waals surface area contributed by atoms with Gasteiger partial charge in [0.05, 0.1) is 49.2 Å². The van der Waals surface area contributed by atoms with E-state index in [1.807, 2.05) is 6.07 Å². The number of aromatic nitrogens is 3. The van der Waals surface area contributed by atoms with Gasteiger partial charge in [-0.25, -0.2) is 15.4 Å². The van der Waals surface area contributed by atoms with Gasteiger partial charge in [0.2, 0.25) is 0 Å². The molecule has 3 aromatic heterocycles. The first-order chi connectivity index (χ1) is 18.0. The molecule has 0 spiro atoms. The standard InChI is InChI=1S/C27H22F2N4O4/c1-30-13-17-5-4-15(11-31-17)20-9-21-16(12-32-20)8-19(27(34)33(21)18-6-7-37-14-18)24-25(28)22(35-2)10-23(36-3)26(24)29/h4-5,8-12,18H,6-7,13-14H2,2-3H3. The van der Waals surface area contributed by atoms with E-state index in [0.717, 1.165) is 6.07 Å². The first kappa shape index (κ1) is 24.3. The Morgan fingerprint density at radius 1 is 1.11 bits per heavy atom. The molecule has 4 heterocycles. The second-order valence-electron chi connectivity index (χ2n) is 8.52. The van der Waals surface area contributed by atoms with Crippen molar-refractivity contribution >= 4 is 10.9 Å². The molecule has 8 nitrogen and oxygen atoms in total. The van der Waals surface area contributed by atoms with Crippen molar-refractivity contribution < 1.29 is 23.0 Å². The second-order valence-corrected chi connectivity index (χ2v) is 8.52. The molecule has 1 aliphatic rings. The van der Waals surface area contributed by atoms with E-state index in [1.165, 1.54) is 24.9 Å². The van der Waals surface area contributed by atoms with Gasteiger partial charge in [0, 0.05) is 36.0 Å². The van der Waals surface area contributed by atoms with Crippen LogP contribution < -0.4 is 15.0 Å². The summed E-state index contributed by atoms with van der Waals surface area (Å²) in [6.45, 7) is 7.92. The minimum atomic E-state index is -0.998. The lowest BCUT2D eigenvalue weighted by Crippen LogP contribution is -2.27. The number of rotatable bonds is 6. The third kappa shape index (κ3) is 4.27. The monoisotopic (exact) mass is 504 g/mol. The van der Waals surface area contributed by atoms with E-state index in [1.54, 1.807) is 24.5 Å². The van der Waals surface area contributed by atoms with Gasteiger partial charge in [0.1, 0.15) is 5.69 Å². The Kier molecular flexibility index (Phi) is 6.54. The number of hydrogen-bond acceptors (Lipinski definition) is 6. The summed E-state index contributed by atoms with van der Waals surface area (Å²) in [7, 11) is 2.51. The second kappa shape index (κ2) is 9.95. The van der Waals surface area contributed by atoms with Crippen LogP contribution in [0, 0.1) is 18.2 Å². The van der Waals surface area contributed by atoms with E-state index in [4.69, 9.17) is 20.8 Å². The SMILES string of the molecule is [C-]#[N+]Cc1ccc(-c2cc3c(cn2)cc(-c2c(F)c(OC)cc(OC)c2F)c(=O)n3C2CCOC2)cn1. The topological polar surface area (TPSA) is 79.8 Å². The van der Waals surface area contributed by atoms with Crippen molar-refractivity contribution in [2.75, 3.05) is 27.4 Å². The van der Waals surface area contributed by atoms with Crippen LogP contribution in [0.1, 0.15) is 18.2 Å². The van der Waals surface area contributed by atoms with Gasteiger partial charge in [-0.15, -0.1) is 0 Å². The number of ether oxygens (including phenoxy) is 3. The smallest absolute Gasteiger partial charge is 0.259 e. The number of pyridine rings is 3.